The average Bonchev–Trinajstić information content (AvgIpc) is 2.77. The molecule has 1 aromatic heterocycles. The summed E-state index contributed by atoms with van der Waals surface area (Å²) in [6.07, 6.45) is 3.29. The summed E-state index contributed by atoms with van der Waals surface area (Å²) in [6.45, 7) is 0. The lowest BCUT2D eigenvalue weighted by molar-refractivity contribution is -0.113. The number of hydrogen-bond donors (Lipinski definition) is 0. The summed E-state index contributed by atoms with van der Waals surface area (Å²) in [5.74, 6) is -0.290. The van der Waals surface area contributed by atoms with Crippen LogP contribution >= 0.6 is 0 Å². The van der Waals surface area contributed by atoms with Crippen LogP contribution in [-0.2, 0) is 14.5 Å². The topological polar surface area (TPSA) is 59.4 Å². The molecule has 1 atom stereocenters. The van der Waals surface area contributed by atoms with Crippen LogP contribution in [0, 0.1) is 0 Å². The molecular formula is C15H12N2O2S. The van der Waals surface area contributed by atoms with Gasteiger partial charge in [0.1, 0.15) is 14.8 Å². The van der Waals surface area contributed by atoms with E-state index in [0.29, 0.717) is 10.6 Å². The van der Waals surface area contributed by atoms with Gasteiger partial charge in [0.15, 0.2) is 0 Å². The van der Waals surface area contributed by atoms with Crippen molar-refractivity contribution in [3.05, 3.63) is 65.9 Å². The lowest BCUT2D eigenvalue weighted by Crippen LogP contribution is -2.04. The molecule has 1 amide bonds. The summed E-state index contributed by atoms with van der Waals surface area (Å²) in [6, 6.07) is 14.6. The zero-order valence-corrected chi connectivity index (χ0v) is 11.4. The molecule has 0 saturated heterocycles. The Morgan fingerprint density at radius 3 is 2.50 bits per heavy atom. The second-order valence-electron chi connectivity index (χ2n) is 4.43. The minimum atomic E-state index is -2.75. The van der Waals surface area contributed by atoms with Gasteiger partial charge in [-0.3, -0.25) is 4.79 Å². The molecule has 0 bridgehead atoms. The number of rotatable bonds is 2. The van der Waals surface area contributed by atoms with Crippen LogP contribution in [0.4, 0.5) is 0 Å². The molecule has 0 radical (unpaired) electrons. The van der Waals surface area contributed by atoms with Crippen LogP contribution in [0.15, 0.2) is 69.7 Å². The Kier molecular flexibility index (Phi) is 3.20. The first-order valence-corrected chi connectivity index (χ1v) is 7.82. The molecule has 1 aromatic carbocycles. The number of aromatic nitrogens is 1. The third kappa shape index (κ3) is 2.40. The van der Waals surface area contributed by atoms with Gasteiger partial charge in [-0.05, 0) is 23.8 Å². The highest BCUT2D eigenvalue weighted by Crippen LogP contribution is 2.24. The lowest BCUT2D eigenvalue weighted by Gasteiger charge is -2.01. The fourth-order valence-electron chi connectivity index (χ4n) is 2.01. The second-order valence-corrected chi connectivity index (χ2v) is 6.60. The molecule has 1 unspecified atom stereocenters. The fourth-order valence-corrected chi connectivity index (χ4v) is 3.84. The van der Waals surface area contributed by atoms with Crippen molar-refractivity contribution >= 4 is 21.7 Å². The molecule has 20 heavy (non-hydrogen) atoms. The van der Waals surface area contributed by atoms with E-state index in [-0.39, 0.29) is 5.75 Å². The van der Waals surface area contributed by atoms with Gasteiger partial charge < -0.3 is 0 Å². The standard InChI is InChI=1S/C15H12N2O2S/c18-15-13(10-12-6-2-1-3-7-12)11-20(19,17-15)14-8-4-5-9-16-14/h1-10H,11H2/b13-10+. The Bertz CT molecular complexity index is 789. The SMILES string of the molecule is O=C1N=S(=O)(c2ccccn2)C/C1=C\c1ccccc1. The minimum Gasteiger partial charge on any atom is -0.266 e. The molecule has 2 aromatic rings. The zero-order valence-electron chi connectivity index (χ0n) is 10.6. The van der Waals surface area contributed by atoms with Crippen LogP contribution in [0.2, 0.25) is 0 Å². The largest absolute Gasteiger partial charge is 0.282 e. The van der Waals surface area contributed by atoms with Crippen molar-refractivity contribution in [2.24, 2.45) is 4.36 Å². The van der Waals surface area contributed by atoms with E-state index in [1.807, 2.05) is 30.3 Å². The van der Waals surface area contributed by atoms with Crippen molar-refractivity contribution in [1.29, 1.82) is 0 Å². The zero-order chi connectivity index (χ0) is 14.0. The van der Waals surface area contributed by atoms with E-state index in [0.717, 1.165) is 5.56 Å². The van der Waals surface area contributed by atoms with Gasteiger partial charge in [0.2, 0.25) is 0 Å². The minimum absolute atomic E-state index is 0.123. The Hall–Kier alpha value is -2.27. The molecule has 4 nitrogen and oxygen atoms in total. The van der Waals surface area contributed by atoms with Crippen LogP contribution in [0.3, 0.4) is 0 Å². The van der Waals surface area contributed by atoms with Gasteiger partial charge in [-0.25, -0.2) is 9.19 Å². The molecule has 1 aliphatic heterocycles. The first kappa shape index (κ1) is 12.7. The maximum absolute atomic E-state index is 12.7. The normalized spacial score (nSPS) is 23.8. The molecular weight excluding hydrogens is 272 g/mol. The van der Waals surface area contributed by atoms with E-state index in [1.165, 1.54) is 0 Å². The Morgan fingerprint density at radius 1 is 1.05 bits per heavy atom. The number of hydrogen-bond acceptors (Lipinski definition) is 3. The monoisotopic (exact) mass is 284 g/mol. The third-order valence-electron chi connectivity index (χ3n) is 2.96. The number of pyridine rings is 1. The summed E-state index contributed by atoms with van der Waals surface area (Å²) in [7, 11) is -2.75. The summed E-state index contributed by atoms with van der Waals surface area (Å²) in [5.41, 5.74) is 1.36. The van der Waals surface area contributed by atoms with Crippen molar-refractivity contribution in [1.82, 2.24) is 4.98 Å². The molecule has 0 fully saturated rings. The number of carbonyl (C=O) groups excluding carboxylic acids is 1. The predicted octanol–water partition coefficient (Wildman–Crippen LogP) is 2.53. The third-order valence-corrected chi connectivity index (χ3v) is 5.02. The molecule has 0 spiro atoms. The van der Waals surface area contributed by atoms with Crippen molar-refractivity contribution < 1.29 is 9.00 Å². The fraction of sp³-hybridized carbons (Fsp3) is 0.0667. The smallest absolute Gasteiger partial charge is 0.266 e. The van der Waals surface area contributed by atoms with E-state index < -0.39 is 15.6 Å². The van der Waals surface area contributed by atoms with Crippen LogP contribution < -0.4 is 0 Å². The van der Waals surface area contributed by atoms with Crippen molar-refractivity contribution in [3.8, 4) is 0 Å². The maximum atomic E-state index is 12.7. The van der Waals surface area contributed by atoms with Crippen molar-refractivity contribution in [3.63, 3.8) is 0 Å². The Morgan fingerprint density at radius 2 is 1.80 bits per heavy atom. The predicted molar refractivity (Wildman–Crippen MR) is 77.4 cm³/mol. The average molecular weight is 284 g/mol. The van der Waals surface area contributed by atoms with Gasteiger partial charge in [0.25, 0.3) is 5.91 Å². The molecule has 0 saturated carbocycles. The summed E-state index contributed by atoms with van der Waals surface area (Å²) in [4.78, 5) is 16.0. The number of amides is 1. The van der Waals surface area contributed by atoms with Gasteiger partial charge in [-0.15, -0.1) is 0 Å². The van der Waals surface area contributed by atoms with Gasteiger partial charge in [0, 0.05) is 11.8 Å². The van der Waals surface area contributed by atoms with Crippen LogP contribution in [-0.4, -0.2) is 20.9 Å². The van der Waals surface area contributed by atoms with E-state index in [9.17, 15) is 9.00 Å². The maximum Gasteiger partial charge on any atom is 0.282 e. The van der Waals surface area contributed by atoms with Gasteiger partial charge in [-0.2, -0.15) is 4.36 Å². The Balaban J connectivity index is 1.98. The molecule has 5 heteroatoms. The number of nitrogens with zero attached hydrogens (tertiary/aromatic N) is 2. The van der Waals surface area contributed by atoms with Crippen LogP contribution in [0.5, 0.6) is 0 Å². The van der Waals surface area contributed by atoms with E-state index in [4.69, 9.17) is 0 Å². The van der Waals surface area contributed by atoms with E-state index in [2.05, 4.69) is 9.35 Å². The van der Waals surface area contributed by atoms with Gasteiger partial charge in [-0.1, -0.05) is 36.4 Å². The molecule has 100 valence electrons. The summed E-state index contributed by atoms with van der Waals surface area (Å²) < 4.78 is 16.5. The quantitative estimate of drug-likeness (QED) is 0.796. The van der Waals surface area contributed by atoms with Crippen molar-refractivity contribution in [2.75, 3.05) is 5.75 Å². The first-order valence-electron chi connectivity index (χ1n) is 6.13. The second kappa shape index (κ2) is 5.02. The van der Waals surface area contributed by atoms with Crippen LogP contribution in [0.1, 0.15) is 5.56 Å². The summed E-state index contributed by atoms with van der Waals surface area (Å²) >= 11 is 0. The molecule has 2 heterocycles. The highest BCUT2D eigenvalue weighted by molar-refractivity contribution is 7.94. The molecule has 1 aliphatic rings. The van der Waals surface area contributed by atoms with E-state index in [1.54, 1.807) is 30.5 Å². The number of carbonyl (C=O) groups is 1. The molecule has 3 rings (SSSR count). The Labute approximate surface area is 117 Å². The number of benzene rings is 1. The van der Waals surface area contributed by atoms with E-state index >= 15 is 0 Å². The van der Waals surface area contributed by atoms with Crippen LogP contribution in [0.25, 0.3) is 6.08 Å². The van der Waals surface area contributed by atoms with Gasteiger partial charge in [0.05, 0.1) is 5.75 Å². The lowest BCUT2D eigenvalue weighted by atomic mass is 10.1. The molecule has 0 aliphatic carbocycles. The first-order chi connectivity index (χ1) is 9.67. The highest BCUT2D eigenvalue weighted by atomic mass is 32.2. The van der Waals surface area contributed by atoms with Gasteiger partial charge >= 0.3 is 0 Å². The molecule has 0 N–H and O–H groups in total. The highest BCUT2D eigenvalue weighted by Gasteiger charge is 2.28. The van der Waals surface area contributed by atoms with Crippen molar-refractivity contribution in [2.45, 2.75) is 5.03 Å². The summed E-state index contributed by atoms with van der Waals surface area (Å²) in [5, 5.41) is 0.366.